The van der Waals surface area contributed by atoms with Crippen LogP contribution >= 0.6 is 22.9 Å². The van der Waals surface area contributed by atoms with Gasteiger partial charge in [0.25, 0.3) is 0 Å². The van der Waals surface area contributed by atoms with Gasteiger partial charge >= 0.3 is 5.97 Å². The smallest absolute Gasteiger partial charge is 0.328 e. The van der Waals surface area contributed by atoms with Crippen LogP contribution < -0.4 is 4.90 Å². The Balaban J connectivity index is 1.97. The maximum Gasteiger partial charge on any atom is 0.328 e. The molecule has 21 heavy (non-hydrogen) atoms. The van der Waals surface area contributed by atoms with Crippen molar-refractivity contribution >= 4 is 40.7 Å². The third-order valence-corrected chi connectivity index (χ3v) is 4.88. The van der Waals surface area contributed by atoms with Crippen LogP contribution in [0.25, 0.3) is 6.08 Å². The first-order chi connectivity index (χ1) is 10.1. The van der Waals surface area contributed by atoms with Gasteiger partial charge in [-0.2, -0.15) is 0 Å². The van der Waals surface area contributed by atoms with Crippen LogP contribution in [-0.2, 0) is 17.8 Å². The Bertz CT molecular complexity index is 708. The second-order valence-corrected chi connectivity index (χ2v) is 6.30. The maximum atomic E-state index is 10.7. The summed E-state index contributed by atoms with van der Waals surface area (Å²) in [6.07, 6.45) is 3.75. The third kappa shape index (κ3) is 2.96. The van der Waals surface area contributed by atoms with Crippen molar-refractivity contribution in [2.45, 2.75) is 13.0 Å². The summed E-state index contributed by atoms with van der Waals surface area (Å²) < 4.78 is 0. The van der Waals surface area contributed by atoms with Gasteiger partial charge in [0.05, 0.1) is 10.7 Å². The number of rotatable bonds is 3. The maximum absolute atomic E-state index is 10.7. The molecule has 0 unspecified atom stereocenters. The highest BCUT2D eigenvalue weighted by Gasteiger charge is 2.20. The summed E-state index contributed by atoms with van der Waals surface area (Å²) in [6.45, 7) is 1.71. The number of aliphatic carboxylic acids is 1. The van der Waals surface area contributed by atoms with E-state index >= 15 is 0 Å². The van der Waals surface area contributed by atoms with E-state index in [-0.39, 0.29) is 0 Å². The highest BCUT2D eigenvalue weighted by molar-refractivity contribution is 7.10. The zero-order chi connectivity index (χ0) is 14.8. The fraction of sp³-hybridized carbons (Fsp3) is 0.188. The van der Waals surface area contributed by atoms with E-state index < -0.39 is 5.97 Å². The first-order valence-electron chi connectivity index (χ1n) is 6.65. The molecule has 0 aliphatic carbocycles. The Morgan fingerprint density at radius 1 is 1.38 bits per heavy atom. The molecule has 0 amide bonds. The minimum atomic E-state index is -0.959. The van der Waals surface area contributed by atoms with Gasteiger partial charge in [0.1, 0.15) is 0 Å². The summed E-state index contributed by atoms with van der Waals surface area (Å²) >= 11 is 8.15. The van der Waals surface area contributed by atoms with Gasteiger partial charge < -0.3 is 10.0 Å². The van der Waals surface area contributed by atoms with Crippen molar-refractivity contribution in [3.05, 3.63) is 56.7 Å². The summed E-state index contributed by atoms with van der Waals surface area (Å²) in [5, 5.41) is 11.6. The number of hydrogen-bond acceptors (Lipinski definition) is 3. The van der Waals surface area contributed by atoms with E-state index in [4.69, 9.17) is 16.7 Å². The van der Waals surface area contributed by atoms with Gasteiger partial charge in [0.15, 0.2) is 0 Å². The van der Waals surface area contributed by atoms with E-state index in [1.54, 1.807) is 17.4 Å². The number of hydrogen-bond donors (Lipinski definition) is 1. The van der Waals surface area contributed by atoms with E-state index in [0.29, 0.717) is 5.02 Å². The molecule has 0 radical (unpaired) electrons. The summed E-state index contributed by atoms with van der Waals surface area (Å²) in [7, 11) is 0. The lowest BCUT2D eigenvalue weighted by atomic mass is 10.1. The molecular formula is C16H14ClNO2S. The van der Waals surface area contributed by atoms with Gasteiger partial charge in [0.2, 0.25) is 0 Å². The highest BCUT2D eigenvalue weighted by atomic mass is 35.5. The molecule has 3 nitrogen and oxygen atoms in total. The van der Waals surface area contributed by atoms with Crippen molar-refractivity contribution in [3.63, 3.8) is 0 Å². The molecule has 1 aliphatic rings. The predicted molar refractivity (Wildman–Crippen MR) is 87.2 cm³/mol. The van der Waals surface area contributed by atoms with Gasteiger partial charge in [-0.1, -0.05) is 23.7 Å². The van der Waals surface area contributed by atoms with Crippen molar-refractivity contribution in [1.82, 2.24) is 0 Å². The number of halogens is 1. The van der Waals surface area contributed by atoms with Crippen LogP contribution in [0.3, 0.4) is 0 Å². The molecule has 0 fully saturated rings. The molecule has 1 aromatic carbocycles. The molecule has 1 N–H and O–H groups in total. The number of carboxylic acid groups (broad SMARTS) is 1. The lowest BCUT2D eigenvalue weighted by Crippen LogP contribution is -2.30. The Morgan fingerprint density at radius 2 is 2.24 bits per heavy atom. The third-order valence-electron chi connectivity index (χ3n) is 3.55. The van der Waals surface area contributed by atoms with Crippen molar-refractivity contribution in [2.75, 3.05) is 11.4 Å². The lowest BCUT2D eigenvalue weighted by Gasteiger charge is -2.31. The molecule has 0 bridgehead atoms. The highest BCUT2D eigenvalue weighted by Crippen LogP contribution is 2.35. The Hall–Kier alpha value is -1.78. The summed E-state index contributed by atoms with van der Waals surface area (Å²) in [5.74, 6) is -0.959. The summed E-state index contributed by atoms with van der Waals surface area (Å²) in [6, 6.07) is 7.73. The molecule has 1 aliphatic heterocycles. The second-order valence-electron chi connectivity index (χ2n) is 4.89. The quantitative estimate of drug-likeness (QED) is 0.867. The minimum Gasteiger partial charge on any atom is -0.478 e. The Kier molecular flexibility index (Phi) is 3.99. The van der Waals surface area contributed by atoms with Gasteiger partial charge in [-0.3, -0.25) is 0 Å². The molecule has 108 valence electrons. The zero-order valence-electron chi connectivity index (χ0n) is 11.3. The predicted octanol–water partition coefficient (Wildman–Crippen LogP) is 4.06. The number of fused-ring (bicyclic) bond motifs is 1. The van der Waals surface area contributed by atoms with Gasteiger partial charge in [-0.25, -0.2) is 4.79 Å². The first kappa shape index (κ1) is 14.2. The fourth-order valence-corrected chi connectivity index (χ4v) is 3.79. The summed E-state index contributed by atoms with van der Waals surface area (Å²) in [5.41, 5.74) is 3.08. The molecule has 2 aromatic rings. The normalized spacial score (nSPS) is 14.4. The number of para-hydroxylation sites is 1. The number of thiophene rings is 1. The molecule has 3 rings (SSSR count). The Morgan fingerprint density at radius 3 is 3.05 bits per heavy atom. The number of nitrogens with zero attached hydrogens (tertiary/aromatic N) is 1. The topological polar surface area (TPSA) is 40.5 Å². The lowest BCUT2D eigenvalue weighted by molar-refractivity contribution is -0.131. The molecule has 0 saturated heterocycles. The molecule has 1 aromatic heterocycles. The average Bonchev–Trinajstić information content (AvgIpc) is 2.92. The largest absolute Gasteiger partial charge is 0.478 e. The van der Waals surface area contributed by atoms with Crippen molar-refractivity contribution in [3.8, 4) is 0 Å². The van der Waals surface area contributed by atoms with Crippen molar-refractivity contribution < 1.29 is 9.90 Å². The molecular weight excluding hydrogens is 306 g/mol. The van der Waals surface area contributed by atoms with E-state index in [1.165, 1.54) is 10.4 Å². The van der Waals surface area contributed by atoms with E-state index in [9.17, 15) is 4.79 Å². The van der Waals surface area contributed by atoms with E-state index in [2.05, 4.69) is 16.3 Å². The van der Waals surface area contributed by atoms with Crippen molar-refractivity contribution in [1.29, 1.82) is 0 Å². The van der Waals surface area contributed by atoms with Crippen LogP contribution in [0, 0.1) is 0 Å². The molecule has 0 spiro atoms. The Labute approximate surface area is 132 Å². The zero-order valence-corrected chi connectivity index (χ0v) is 12.8. The van der Waals surface area contributed by atoms with Crippen LogP contribution in [-0.4, -0.2) is 17.6 Å². The molecule has 5 heteroatoms. The standard InChI is InChI=1S/C16H14ClNO2S/c17-13-3-1-2-11(4-5-15(19)20)16(13)18-8-6-14-12(10-18)7-9-21-14/h1-5,7,9H,6,8,10H2,(H,19,20)/b5-4+. The molecule has 2 heterocycles. The van der Waals surface area contributed by atoms with Crippen LogP contribution in [0.15, 0.2) is 35.7 Å². The monoisotopic (exact) mass is 319 g/mol. The van der Waals surface area contributed by atoms with Crippen LogP contribution in [0.5, 0.6) is 0 Å². The van der Waals surface area contributed by atoms with Gasteiger partial charge in [-0.15, -0.1) is 11.3 Å². The number of benzene rings is 1. The second kappa shape index (κ2) is 5.92. The average molecular weight is 320 g/mol. The summed E-state index contributed by atoms with van der Waals surface area (Å²) in [4.78, 5) is 14.4. The SMILES string of the molecule is O=C(O)/C=C/c1cccc(Cl)c1N1CCc2sccc2C1. The minimum absolute atomic E-state index is 0.654. The van der Waals surface area contributed by atoms with Crippen molar-refractivity contribution in [2.24, 2.45) is 0 Å². The van der Waals surface area contributed by atoms with E-state index in [0.717, 1.165) is 36.8 Å². The first-order valence-corrected chi connectivity index (χ1v) is 7.90. The molecule has 0 atom stereocenters. The van der Waals surface area contributed by atoms with Gasteiger partial charge in [-0.05, 0) is 41.1 Å². The number of carbonyl (C=O) groups is 1. The van der Waals surface area contributed by atoms with Crippen LogP contribution in [0.4, 0.5) is 5.69 Å². The number of carboxylic acids is 1. The fourth-order valence-electron chi connectivity index (χ4n) is 2.60. The van der Waals surface area contributed by atoms with Gasteiger partial charge in [0, 0.05) is 24.0 Å². The van der Waals surface area contributed by atoms with E-state index in [1.807, 2.05) is 18.2 Å². The van der Waals surface area contributed by atoms with Crippen LogP contribution in [0.1, 0.15) is 16.0 Å². The number of anilines is 1. The van der Waals surface area contributed by atoms with Crippen LogP contribution in [0.2, 0.25) is 5.02 Å². The molecule has 0 saturated carbocycles.